The highest BCUT2D eigenvalue weighted by molar-refractivity contribution is 9.10. The van der Waals surface area contributed by atoms with Crippen LogP contribution < -0.4 is 5.73 Å². The van der Waals surface area contributed by atoms with Gasteiger partial charge in [0.25, 0.3) is 0 Å². The predicted molar refractivity (Wildman–Crippen MR) is 82.3 cm³/mol. The zero-order valence-electron chi connectivity index (χ0n) is 10.9. The second-order valence-corrected chi connectivity index (χ2v) is 5.98. The third-order valence-corrected chi connectivity index (χ3v) is 4.06. The smallest absolute Gasteiger partial charge is 0.126 e. The lowest BCUT2D eigenvalue weighted by Gasteiger charge is -2.23. The Morgan fingerprint density at radius 3 is 2.33 bits per heavy atom. The average Bonchev–Trinajstić information content (AvgIpc) is 2.41. The first kappa shape index (κ1) is 16.4. The number of hydrogen-bond donors (Lipinski definition) is 2. The number of hydrogen-bond acceptors (Lipinski definition) is 2. The average molecular weight is 377 g/mol. The third kappa shape index (κ3) is 3.80. The molecular weight excluding hydrogens is 364 g/mol. The lowest BCUT2D eigenvalue weighted by molar-refractivity contribution is 0.147. The monoisotopic (exact) mass is 375 g/mol. The van der Waals surface area contributed by atoms with Gasteiger partial charge in [-0.05, 0) is 35.9 Å². The van der Waals surface area contributed by atoms with Crippen LogP contribution in [-0.2, 0) is 0 Å². The van der Waals surface area contributed by atoms with E-state index in [1.807, 2.05) is 0 Å². The van der Waals surface area contributed by atoms with Crippen LogP contribution in [0.2, 0.25) is 5.02 Å². The molecule has 2 nitrogen and oxygen atoms in total. The van der Waals surface area contributed by atoms with Crippen LogP contribution >= 0.6 is 27.5 Å². The standard InChI is InChI=1S/C15H13BrClF2NO/c16-9-1-2-14(17)12(5-9)15(21)13(7-20)8-3-10(18)6-11(19)4-8/h1-6,13,15,21H,7,20H2. The van der Waals surface area contributed by atoms with Crippen LogP contribution in [0.5, 0.6) is 0 Å². The summed E-state index contributed by atoms with van der Waals surface area (Å²) < 4.78 is 27.4. The molecule has 6 heteroatoms. The lowest BCUT2D eigenvalue weighted by atomic mass is 9.89. The molecule has 0 fully saturated rings. The number of halogens is 4. The minimum Gasteiger partial charge on any atom is -0.388 e. The largest absolute Gasteiger partial charge is 0.388 e. The fraction of sp³-hybridized carbons (Fsp3) is 0.200. The van der Waals surface area contributed by atoms with Crippen molar-refractivity contribution in [3.8, 4) is 0 Å². The van der Waals surface area contributed by atoms with E-state index in [1.54, 1.807) is 18.2 Å². The van der Waals surface area contributed by atoms with Crippen LogP contribution in [0.25, 0.3) is 0 Å². The zero-order valence-corrected chi connectivity index (χ0v) is 13.2. The summed E-state index contributed by atoms with van der Waals surface area (Å²) in [7, 11) is 0. The van der Waals surface area contributed by atoms with Crippen LogP contribution in [0.4, 0.5) is 8.78 Å². The number of nitrogens with two attached hydrogens (primary N) is 1. The number of aliphatic hydroxyl groups is 1. The summed E-state index contributed by atoms with van der Waals surface area (Å²) in [5.41, 5.74) is 6.41. The van der Waals surface area contributed by atoms with Crippen molar-refractivity contribution in [1.82, 2.24) is 0 Å². The molecule has 0 aromatic heterocycles. The summed E-state index contributed by atoms with van der Waals surface area (Å²) in [5.74, 6) is -2.09. The lowest BCUT2D eigenvalue weighted by Crippen LogP contribution is -2.20. The van der Waals surface area contributed by atoms with E-state index in [2.05, 4.69) is 15.9 Å². The summed E-state index contributed by atoms with van der Waals surface area (Å²) in [6.45, 7) is 0.0207. The van der Waals surface area contributed by atoms with Crippen LogP contribution in [0, 0.1) is 11.6 Å². The van der Waals surface area contributed by atoms with Crippen molar-refractivity contribution in [3.05, 3.63) is 68.7 Å². The van der Waals surface area contributed by atoms with E-state index in [4.69, 9.17) is 17.3 Å². The van der Waals surface area contributed by atoms with Gasteiger partial charge in [0, 0.05) is 33.6 Å². The Morgan fingerprint density at radius 2 is 1.76 bits per heavy atom. The van der Waals surface area contributed by atoms with Gasteiger partial charge in [0.15, 0.2) is 0 Å². The molecule has 2 atom stereocenters. The summed E-state index contributed by atoms with van der Waals surface area (Å²) in [4.78, 5) is 0. The Morgan fingerprint density at radius 1 is 1.14 bits per heavy atom. The highest BCUT2D eigenvalue weighted by atomic mass is 79.9. The molecule has 0 spiro atoms. The molecule has 2 aromatic rings. The first-order valence-corrected chi connectivity index (χ1v) is 7.38. The van der Waals surface area contributed by atoms with Gasteiger partial charge in [-0.1, -0.05) is 27.5 Å². The van der Waals surface area contributed by atoms with Gasteiger partial charge in [0.05, 0.1) is 6.10 Å². The second kappa shape index (κ2) is 6.83. The van der Waals surface area contributed by atoms with Crippen molar-refractivity contribution < 1.29 is 13.9 Å². The van der Waals surface area contributed by atoms with Gasteiger partial charge in [-0.15, -0.1) is 0 Å². The molecule has 0 aliphatic carbocycles. The van der Waals surface area contributed by atoms with Gasteiger partial charge >= 0.3 is 0 Å². The van der Waals surface area contributed by atoms with Crippen molar-refractivity contribution in [3.63, 3.8) is 0 Å². The molecule has 3 N–H and O–H groups in total. The Labute approximate surface area is 134 Å². The van der Waals surface area contributed by atoms with E-state index in [0.29, 0.717) is 16.1 Å². The van der Waals surface area contributed by atoms with Crippen LogP contribution in [-0.4, -0.2) is 11.7 Å². The van der Waals surface area contributed by atoms with Crippen LogP contribution in [0.15, 0.2) is 40.9 Å². The Balaban J connectivity index is 2.42. The van der Waals surface area contributed by atoms with Crippen molar-refractivity contribution in [2.75, 3.05) is 6.54 Å². The molecular formula is C15H13BrClF2NO. The quantitative estimate of drug-likeness (QED) is 0.842. The molecule has 0 saturated carbocycles. The molecule has 2 unspecified atom stereocenters. The van der Waals surface area contributed by atoms with E-state index < -0.39 is 23.7 Å². The highest BCUT2D eigenvalue weighted by Crippen LogP contribution is 2.35. The molecule has 0 radical (unpaired) electrons. The van der Waals surface area contributed by atoms with Crippen molar-refractivity contribution in [2.24, 2.45) is 5.73 Å². The van der Waals surface area contributed by atoms with E-state index >= 15 is 0 Å². The maximum atomic E-state index is 13.3. The normalized spacial score (nSPS) is 14.0. The first-order valence-electron chi connectivity index (χ1n) is 6.21. The number of rotatable bonds is 4. The minimum atomic E-state index is -1.07. The third-order valence-electron chi connectivity index (χ3n) is 3.22. The predicted octanol–water partition coefficient (Wildman–Crippen LogP) is 4.16. The van der Waals surface area contributed by atoms with Crippen LogP contribution in [0.3, 0.4) is 0 Å². The number of aliphatic hydroxyl groups excluding tert-OH is 1. The van der Waals surface area contributed by atoms with Gasteiger partial charge in [-0.25, -0.2) is 8.78 Å². The first-order chi connectivity index (χ1) is 9.92. The second-order valence-electron chi connectivity index (χ2n) is 4.66. The van der Waals surface area contributed by atoms with E-state index in [9.17, 15) is 13.9 Å². The Bertz CT molecular complexity index is 633. The SMILES string of the molecule is NCC(c1cc(F)cc(F)c1)C(O)c1cc(Br)ccc1Cl. The molecule has 0 aliphatic heterocycles. The highest BCUT2D eigenvalue weighted by Gasteiger charge is 2.24. The molecule has 0 amide bonds. The molecule has 2 aromatic carbocycles. The fourth-order valence-electron chi connectivity index (χ4n) is 2.19. The zero-order chi connectivity index (χ0) is 15.6. The maximum Gasteiger partial charge on any atom is 0.126 e. The molecule has 21 heavy (non-hydrogen) atoms. The maximum absolute atomic E-state index is 13.3. The van der Waals surface area contributed by atoms with Crippen LogP contribution in [0.1, 0.15) is 23.1 Å². The summed E-state index contributed by atoms with van der Waals surface area (Å²) in [6, 6.07) is 8.12. The minimum absolute atomic E-state index is 0.0207. The topological polar surface area (TPSA) is 46.2 Å². The van der Waals surface area contributed by atoms with E-state index in [-0.39, 0.29) is 6.54 Å². The van der Waals surface area contributed by atoms with Gasteiger partial charge in [-0.2, -0.15) is 0 Å². The molecule has 0 heterocycles. The Hall–Kier alpha value is -1.01. The summed E-state index contributed by atoms with van der Waals surface area (Å²) in [5, 5.41) is 10.9. The molecule has 0 saturated heterocycles. The molecule has 0 bridgehead atoms. The van der Waals surface area contributed by atoms with Gasteiger partial charge in [0.2, 0.25) is 0 Å². The van der Waals surface area contributed by atoms with Gasteiger partial charge < -0.3 is 10.8 Å². The summed E-state index contributed by atoms with van der Waals surface area (Å²) >= 11 is 9.37. The van der Waals surface area contributed by atoms with Gasteiger partial charge in [0.1, 0.15) is 11.6 Å². The van der Waals surface area contributed by atoms with E-state index in [1.165, 1.54) is 0 Å². The van der Waals surface area contributed by atoms with Gasteiger partial charge in [-0.3, -0.25) is 0 Å². The molecule has 2 rings (SSSR count). The summed E-state index contributed by atoms with van der Waals surface area (Å²) in [6.07, 6.45) is -1.07. The molecule has 112 valence electrons. The number of benzene rings is 2. The molecule has 0 aliphatic rings. The van der Waals surface area contributed by atoms with Crippen molar-refractivity contribution in [1.29, 1.82) is 0 Å². The fourth-order valence-corrected chi connectivity index (χ4v) is 2.80. The van der Waals surface area contributed by atoms with Crippen molar-refractivity contribution in [2.45, 2.75) is 12.0 Å². The Kier molecular flexibility index (Phi) is 5.32. The van der Waals surface area contributed by atoms with E-state index in [0.717, 1.165) is 22.7 Å². The van der Waals surface area contributed by atoms with Crippen molar-refractivity contribution >= 4 is 27.5 Å².